The summed E-state index contributed by atoms with van der Waals surface area (Å²) in [7, 11) is 2.10. The lowest BCUT2D eigenvalue weighted by Crippen LogP contribution is -2.27. The SMILES string of the molecule is CN1CCc2c(sc3nc(NCc4ccccn4)n(-c4ccc(Cl)cc4)c(=O)c23)C1. The zero-order chi connectivity index (χ0) is 20.7. The van der Waals surface area contributed by atoms with E-state index in [0.717, 1.165) is 46.7 Å². The van der Waals surface area contributed by atoms with Crippen molar-refractivity contribution in [3.8, 4) is 5.69 Å². The number of benzene rings is 1. The number of hydrogen-bond acceptors (Lipinski definition) is 6. The molecule has 1 aromatic carbocycles. The lowest BCUT2D eigenvalue weighted by Gasteiger charge is -2.21. The number of rotatable bonds is 4. The molecule has 0 saturated heterocycles. The first-order chi connectivity index (χ1) is 14.6. The molecule has 5 rings (SSSR count). The second kappa shape index (κ2) is 7.83. The van der Waals surface area contributed by atoms with E-state index in [4.69, 9.17) is 16.6 Å². The van der Waals surface area contributed by atoms with Gasteiger partial charge < -0.3 is 10.2 Å². The number of fused-ring (bicyclic) bond motifs is 3. The van der Waals surface area contributed by atoms with Crippen LogP contribution in [0.1, 0.15) is 16.1 Å². The summed E-state index contributed by atoms with van der Waals surface area (Å²) in [4.78, 5) is 27.2. The van der Waals surface area contributed by atoms with Crippen LogP contribution in [-0.4, -0.2) is 33.0 Å². The Morgan fingerprint density at radius 1 is 1.20 bits per heavy atom. The average Bonchev–Trinajstić information content (AvgIpc) is 3.11. The highest BCUT2D eigenvalue weighted by molar-refractivity contribution is 7.18. The molecule has 1 aliphatic heterocycles. The van der Waals surface area contributed by atoms with E-state index in [1.165, 1.54) is 4.88 Å². The molecule has 0 atom stereocenters. The van der Waals surface area contributed by atoms with Crippen LogP contribution in [0.15, 0.2) is 53.5 Å². The van der Waals surface area contributed by atoms with Gasteiger partial charge in [-0.3, -0.25) is 9.78 Å². The Balaban J connectivity index is 1.67. The number of pyridine rings is 1. The lowest BCUT2D eigenvalue weighted by molar-refractivity contribution is 0.318. The Labute approximate surface area is 182 Å². The summed E-state index contributed by atoms with van der Waals surface area (Å²) in [5.41, 5.74) is 2.70. The van der Waals surface area contributed by atoms with Crippen molar-refractivity contribution in [2.45, 2.75) is 19.5 Å². The molecule has 0 spiro atoms. The maximum absolute atomic E-state index is 13.7. The maximum atomic E-state index is 13.7. The van der Waals surface area contributed by atoms with Gasteiger partial charge in [-0.15, -0.1) is 11.3 Å². The fourth-order valence-corrected chi connectivity index (χ4v) is 5.21. The first-order valence-electron chi connectivity index (χ1n) is 9.76. The molecule has 0 fully saturated rings. The van der Waals surface area contributed by atoms with Gasteiger partial charge in [-0.05, 0) is 55.4 Å². The fourth-order valence-electron chi connectivity index (χ4n) is 3.79. The number of aromatic nitrogens is 3. The Hall–Kier alpha value is -2.74. The Morgan fingerprint density at radius 3 is 2.80 bits per heavy atom. The van der Waals surface area contributed by atoms with Gasteiger partial charge in [0, 0.05) is 29.2 Å². The number of likely N-dealkylation sites (N-methyl/N-ethyl adjacent to an activating group) is 1. The highest BCUT2D eigenvalue weighted by Gasteiger charge is 2.24. The normalized spacial score (nSPS) is 14.1. The molecule has 3 aromatic heterocycles. The standard InChI is InChI=1S/C22H20ClN5OS/c1-27-11-9-17-18(13-27)30-20-19(17)21(29)28(16-7-5-14(23)6-8-16)22(26-20)25-12-15-4-2-3-10-24-15/h2-8,10H,9,11-13H2,1H3,(H,25,26). The predicted molar refractivity (Wildman–Crippen MR) is 122 cm³/mol. The van der Waals surface area contributed by atoms with E-state index in [-0.39, 0.29) is 5.56 Å². The van der Waals surface area contributed by atoms with E-state index >= 15 is 0 Å². The number of hydrogen-bond donors (Lipinski definition) is 1. The summed E-state index contributed by atoms with van der Waals surface area (Å²) >= 11 is 7.69. The molecule has 4 aromatic rings. The summed E-state index contributed by atoms with van der Waals surface area (Å²) in [6.07, 6.45) is 2.62. The number of thiophene rings is 1. The lowest BCUT2D eigenvalue weighted by atomic mass is 10.1. The molecule has 30 heavy (non-hydrogen) atoms. The van der Waals surface area contributed by atoms with Crippen molar-refractivity contribution >= 4 is 39.1 Å². The fraction of sp³-hybridized carbons (Fsp3) is 0.227. The predicted octanol–water partition coefficient (Wildman–Crippen LogP) is 4.10. The van der Waals surface area contributed by atoms with Crippen molar-refractivity contribution in [3.05, 3.63) is 80.2 Å². The third-order valence-corrected chi connectivity index (χ3v) is 6.67. The number of halogens is 1. The molecule has 6 nitrogen and oxygen atoms in total. The zero-order valence-electron chi connectivity index (χ0n) is 16.4. The van der Waals surface area contributed by atoms with E-state index < -0.39 is 0 Å². The quantitative estimate of drug-likeness (QED) is 0.521. The van der Waals surface area contributed by atoms with Gasteiger partial charge in [0.2, 0.25) is 5.95 Å². The minimum atomic E-state index is -0.0482. The van der Waals surface area contributed by atoms with Crippen molar-refractivity contribution in [1.82, 2.24) is 19.4 Å². The van der Waals surface area contributed by atoms with E-state index in [0.29, 0.717) is 17.5 Å². The highest BCUT2D eigenvalue weighted by Crippen LogP contribution is 2.33. The third-order valence-electron chi connectivity index (χ3n) is 5.30. The molecule has 0 unspecified atom stereocenters. The first-order valence-corrected chi connectivity index (χ1v) is 10.9. The summed E-state index contributed by atoms with van der Waals surface area (Å²) in [6, 6.07) is 13.0. The smallest absolute Gasteiger partial charge is 0.268 e. The van der Waals surface area contributed by atoms with Crippen LogP contribution in [0.25, 0.3) is 15.9 Å². The number of anilines is 1. The molecule has 0 aliphatic carbocycles. The molecular weight excluding hydrogens is 418 g/mol. The Morgan fingerprint density at radius 2 is 2.03 bits per heavy atom. The van der Waals surface area contributed by atoms with Gasteiger partial charge >= 0.3 is 0 Å². The number of nitrogens with one attached hydrogen (secondary N) is 1. The second-order valence-electron chi connectivity index (χ2n) is 7.40. The van der Waals surface area contributed by atoms with Gasteiger partial charge in [0.25, 0.3) is 5.56 Å². The summed E-state index contributed by atoms with van der Waals surface area (Å²) in [6.45, 7) is 2.27. The van der Waals surface area contributed by atoms with E-state index in [1.807, 2.05) is 30.3 Å². The van der Waals surface area contributed by atoms with Gasteiger partial charge in [-0.2, -0.15) is 0 Å². The third kappa shape index (κ3) is 3.49. The second-order valence-corrected chi connectivity index (χ2v) is 8.92. The zero-order valence-corrected chi connectivity index (χ0v) is 18.0. The van der Waals surface area contributed by atoms with Gasteiger partial charge in [-0.25, -0.2) is 9.55 Å². The monoisotopic (exact) mass is 437 g/mol. The largest absolute Gasteiger partial charge is 0.350 e. The first kappa shape index (κ1) is 19.2. The molecule has 0 saturated carbocycles. The van der Waals surface area contributed by atoms with Crippen LogP contribution >= 0.6 is 22.9 Å². The number of nitrogens with zero attached hydrogens (tertiary/aromatic N) is 4. The minimum absolute atomic E-state index is 0.0482. The van der Waals surface area contributed by atoms with Crippen molar-refractivity contribution < 1.29 is 0 Å². The molecule has 4 heterocycles. The van der Waals surface area contributed by atoms with Crippen LogP contribution in [0.5, 0.6) is 0 Å². The molecule has 0 radical (unpaired) electrons. The van der Waals surface area contributed by atoms with Gasteiger partial charge in [0.05, 0.1) is 23.3 Å². The van der Waals surface area contributed by atoms with Crippen LogP contribution in [0, 0.1) is 0 Å². The minimum Gasteiger partial charge on any atom is -0.350 e. The van der Waals surface area contributed by atoms with Gasteiger partial charge in [0.1, 0.15) is 4.83 Å². The molecule has 1 aliphatic rings. The van der Waals surface area contributed by atoms with Gasteiger partial charge in [-0.1, -0.05) is 17.7 Å². The van der Waals surface area contributed by atoms with Gasteiger partial charge in [0.15, 0.2) is 0 Å². The van der Waals surface area contributed by atoms with E-state index in [9.17, 15) is 4.79 Å². The molecule has 0 bridgehead atoms. The van der Waals surface area contributed by atoms with Crippen molar-refractivity contribution in [1.29, 1.82) is 0 Å². The molecule has 0 amide bonds. The summed E-state index contributed by atoms with van der Waals surface area (Å²) in [5, 5.41) is 4.68. The average molecular weight is 438 g/mol. The van der Waals surface area contributed by atoms with Crippen molar-refractivity contribution in [2.24, 2.45) is 0 Å². The van der Waals surface area contributed by atoms with E-state index in [1.54, 1.807) is 34.2 Å². The molecule has 8 heteroatoms. The van der Waals surface area contributed by atoms with Crippen LogP contribution < -0.4 is 10.9 Å². The van der Waals surface area contributed by atoms with E-state index in [2.05, 4.69) is 22.2 Å². The topological polar surface area (TPSA) is 63.1 Å². The molecular formula is C22H20ClN5OS. The van der Waals surface area contributed by atoms with Crippen LogP contribution in [-0.2, 0) is 19.5 Å². The highest BCUT2D eigenvalue weighted by atomic mass is 35.5. The molecule has 1 N–H and O–H groups in total. The van der Waals surface area contributed by atoms with Crippen LogP contribution in [0.2, 0.25) is 5.02 Å². The summed E-state index contributed by atoms with van der Waals surface area (Å²) < 4.78 is 1.65. The summed E-state index contributed by atoms with van der Waals surface area (Å²) in [5.74, 6) is 0.507. The van der Waals surface area contributed by atoms with Crippen LogP contribution in [0.4, 0.5) is 5.95 Å². The Bertz CT molecular complexity index is 1270. The maximum Gasteiger partial charge on any atom is 0.268 e. The molecule has 152 valence electrons. The van der Waals surface area contributed by atoms with Crippen molar-refractivity contribution in [2.75, 3.05) is 18.9 Å². The van der Waals surface area contributed by atoms with Crippen LogP contribution in [0.3, 0.4) is 0 Å². The van der Waals surface area contributed by atoms with Crippen molar-refractivity contribution in [3.63, 3.8) is 0 Å². The Kier molecular flexibility index (Phi) is 5.02.